The standard InChI is InChI=1S/C55H50N2/c1-55(2)51-16-8-7-15-45(51)46-26-23-42(34-52(46)55)54-48-28-25-43(56-29-9-3-10-30-56)35-49(48)53(47-27-24-44(36-50(47)54)57-31-11-4-12-32-57)39-20-17-38(18-21-39)41-22-19-37-13-5-6-14-40(37)33-41/h5-8,13-28,33-36H,3-4,9-12,29-32H2,1-2H3. The lowest BCUT2D eigenvalue weighted by Crippen LogP contribution is -2.29. The summed E-state index contributed by atoms with van der Waals surface area (Å²) >= 11 is 0. The molecule has 0 atom stereocenters. The van der Waals surface area contributed by atoms with E-state index in [2.05, 4.69) is 169 Å². The molecule has 0 bridgehead atoms. The van der Waals surface area contributed by atoms with Gasteiger partial charge in [-0.3, -0.25) is 0 Å². The fourth-order valence-electron chi connectivity index (χ4n) is 10.6. The lowest BCUT2D eigenvalue weighted by molar-refractivity contribution is 0.578. The highest BCUT2D eigenvalue weighted by Gasteiger charge is 2.35. The van der Waals surface area contributed by atoms with Gasteiger partial charge in [0.15, 0.2) is 0 Å². The van der Waals surface area contributed by atoms with E-state index < -0.39 is 0 Å². The van der Waals surface area contributed by atoms with Crippen molar-refractivity contribution in [3.8, 4) is 44.5 Å². The largest absolute Gasteiger partial charge is 0.372 e. The lowest BCUT2D eigenvalue weighted by atomic mass is 9.80. The zero-order valence-corrected chi connectivity index (χ0v) is 33.3. The molecule has 2 heteroatoms. The second-order valence-electron chi connectivity index (χ2n) is 17.4. The number of anilines is 2. The second kappa shape index (κ2) is 13.7. The third-order valence-electron chi connectivity index (χ3n) is 13.7. The third kappa shape index (κ3) is 5.75. The summed E-state index contributed by atoms with van der Waals surface area (Å²) in [5.74, 6) is 0. The first-order valence-corrected chi connectivity index (χ1v) is 21.4. The Bertz CT molecular complexity index is 2830. The molecule has 3 aliphatic rings. The maximum Gasteiger partial charge on any atom is 0.0372 e. The van der Waals surface area contributed by atoms with Crippen molar-refractivity contribution in [1.29, 1.82) is 0 Å². The van der Waals surface area contributed by atoms with Crippen LogP contribution < -0.4 is 9.80 Å². The van der Waals surface area contributed by atoms with Crippen molar-refractivity contribution >= 4 is 43.7 Å². The van der Waals surface area contributed by atoms with Gasteiger partial charge in [-0.2, -0.15) is 0 Å². The molecule has 0 saturated carbocycles. The quantitative estimate of drug-likeness (QED) is 0.162. The molecule has 280 valence electrons. The smallest absolute Gasteiger partial charge is 0.0372 e. The zero-order chi connectivity index (χ0) is 38.1. The predicted molar refractivity (Wildman–Crippen MR) is 245 cm³/mol. The van der Waals surface area contributed by atoms with Crippen LogP contribution in [0.2, 0.25) is 0 Å². The molecule has 2 fully saturated rings. The van der Waals surface area contributed by atoms with E-state index in [1.165, 1.54) is 138 Å². The van der Waals surface area contributed by atoms with Gasteiger partial charge < -0.3 is 9.80 Å². The summed E-state index contributed by atoms with van der Waals surface area (Å²) in [7, 11) is 0. The van der Waals surface area contributed by atoms with Crippen LogP contribution in [0.4, 0.5) is 11.4 Å². The van der Waals surface area contributed by atoms with Crippen LogP contribution in [0.5, 0.6) is 0 Å². The maximum atomic E-state index is 2.62. The summed E-state index contributed by atoms with van der Waals surface area (Å²) in [5.41, 5.74) is 16.0. The Balaban J connectivity index is 1.16. The molecule has 0 N–H and O–H groups in total. The van der Waals surface area contributed by atoms with E-state index >= 15 is 0 Å². The Labute approximate surface area is 337 Å². The molecule has 57 heavy (non-hydrogen) atoms. The number of rotatable bonds is 5. The van der Waals surface area contributed by atoms with Crippen molar-refractivity contribution in [1.82, 2.24) is 0 Å². The van der Waals surface area contributed by atoms with Crippen molar-refractivity contribution in [2.45, 2.75) is 57.8 Å². The van der Waals surface area contributed by atoms with Gasteiger partial charge in [-0.1, -0.05) is 123 Å². The molecular formula is C55H50N2. The molecule has 0 spiro atoms. The van der Waals surface area contributed by atoms with Gasteiger partial charge in [0.2, 0.25) is 0 Å². The number of hydrogen-bond donors (Lipinski definition) is 0. The summed E-state index contributed by atoms with van der Waals surface area (Å²) in [6.07, 6.45) is 7.69. The summed E-state index contributed by atoms with van der Waals surface area (Å²) in [4.78, 5) is 5.24. The Morgan fingerprint density at radius 3 is 1.56 bits per heavy atom. The van der Waals surface area contributed by atoms with E-state index in [1.54, 1.807) is 0 Å². The number of benzene rings is 8. The molecule has 0 radical (unpaired) electrons. The van der Waals surface area contributed by atoms with Crippen LogP contribution in [0, 0.1) is 0 Å². The van der Waals surface area contributed by atoms with Crippen LogP contribution >= 0.6 is 0 Å². The first-order valence-electron chi connectivity index (χ1n) is 21.4. The summed E-state index contributed by atoms with van der Waals surface area (Å²) in [6, 6.07) is 56.1. The monoisotopic (exact) mass is 738 g/mol. The maximum absolute atomic E-state index is 2.62. The molecule has 0 amide bonds. The van der Waals surface area contributed by atoms with Crippen LogP contribution in [0.1, 0.15) is 63.5 Å². The fourth-order valence-corrected chi connectivity index (χ4v) is 10.6. The summed E-state index contributed by atoms with van der Waals surface area (Å²) < 4.78 is 0. The first-order chi connectivity index (χ1) is 28.0. The van der Waals surface area contributed by atoms with E-state index in [4.69, 9.17) is 0 Å². The van der Waals surface area contributed by atoms with Crippen molar-refractivity contribution in [2.24, 2.45) is 0 Å². The Morgan fingerprint density at radius 2 is 0.895 bits per heavy atom. The number of nitrogens with zero attached hydrogens (tertiary/aromatic N) is 2. The number of piperidine rings is 2. The molecule has 8 aromatic rings. The van der Waals surface area contributed by atoms with Gasteiger partial charge in [0.05, 0.1) is 0 Å². The summed E-state index contributed by atoms with van der Waals surface area (Å²) in [6.45, 7) is 9.32. The van der Waals surface area contributed by atoms with Crippen LogP contribution in [-0.4, -0.2) is 26.2 Å². The van der Waals surface area contributed by atoms with Gasteiger partial charge in [-0.15, -0.1) is 0 Å². The van der Waals surface area contributed by atoms with Gasteiger partial charge in [-0.05, 0) is 163 Å². The first kappa shape index (κ1) is 34.4. The third-order valence-corrected chi connectivity index (χ3v) is 13.7. The van der Waals surface area contributed by atoms with Gasteiger partial charge in [0.25, 0.3) is 0 Å². The molecule has 0 unspecified atom stereocenters. The van der Waals surface area contributed by atoms with Crippen molar-refractivity contribution in [2.75, 3.05) is 36.0 Å². The van der Waals surface area contributed by atoms with Crippen LogP contribution in [0.15, 0.2) is 146 Å². The lowest BCUT2D eigenvalue weighted by Gasteiger charge is -2.30. The van der Waals surface area contributed by atoms with Crippen LogP contribution in [0.25, 0.3) is 76.8 Å². The van der Waals surface area contributed by atoms with E-state index in [-0.39, 0.29) is 5.41 Å². The highest BCUT2D eigenvalue weighted by Crippen LogP contribution is 2.52. The molecule has 11 rings (SSSR count). The number of hydrogen-bond acceptors (Lipinski definition) is 2. The molecule has 0 aromatic heterocycles. The van der Waals surface area contributed by atoms with E-state index in [9.17, 15) is 0 Å². The van der Waals surface area contributed by atoms with Gasteiger partial charge in [0, 0.05) is 43.0 Å². The van der Waals surface area contributed by atoms with Gasteiger partial charge in [0.1, 0.15) is 0 Å². The molecular weight excluding hydrogens is 689 g/mol. The highest BCUT2D eigenvalue weighted by atomic mass is 15.1. The van der Waals surface area contributed by atoms with Gasteiger partial charge in [-0.25, -0.2) is 0 Å². The molecule has 2 nitrogen and oxygen atoms in total. The Hall–Kier alpha value is -5.86. The average Bonchev–Trinajstić information content (AvgIpc) is 3.50. The molecule has 2 heterocycles. The minimum Gasteiger partial charge on any atom is -0.372 e. The molecule has 2 saturated heterocycles. The van der Waals surface area contributed by atoms with Crippen molar-refractivity contribution in [3.05, 3.63) is 157 Å². The van der Waals surface area contributed by atoms with Crippen LogP contribution in [-0.2, 0) is 5.41 Å². The Morgan fingerprint density at radius 1 is 0.368 bits per heavy atom. The molecule has 2 aliphatic heterocycles. The topological polar surface area (TPSA) is 6.48 Å². The summed E-state index contributed by atoms with van der Waals surface area (Å²) in [5, 5.41) is 7.91. The minimum atomic E-state index is -0.0688. The highest BCUT2D eigenvalue weighted by molar-refractivity contribution is 6.22. The Kier molecular flexibility index (Phi) is 8.24. The van der Waals surface area contributed by atoms with Crippen molar-refractivity contribution < 1.29 is 0 Å². The minimum absolute atomic E-state index is 0.0688. The predicted octanol–water partition coefficient (Wildman–Crippen LogP) is 14.4. The van der Waals surface area contributed by atoms with E-state index in [0.29, 0.717) is 0 Å². The normalized spacial score (nSPS) is 16.3. The van der Waals surface area contributed by atoms with E-state index in [1.807, 2.05) is 0 Å². The van der Waals surface area contributed by atoms with Crippen LogP contribution in [0.3, 0.4) is 0 Å². The average molecular weight is 739 g/mol. The second-order valence-corrected chi connectivity index (χ2v) is 17.4. The molecule has 1 aliphatic carbocycles. The van der Waals surface area contributed by atoms with Gasteiger partial charge >= 0.3 is 0 Å². The van der Waals surface area contributed by atoms with E-state index in [0.717, 1.165) is 26.2 Å². The fraction of sp³-hybridized carbons (Fsp3) is 0.236. The van der Waals surface area contributed by atoms with Crippen molar-refractivity contribution in [3.63, 3.8) is 0 Å². The SMILES string of the molecule is CC1(C)c2ccccc2-c2ccc(-c3c4ccc(N5CCCCC5)cc4c(-c4ccc(-c5ccc6ccccc6c5)cc4)c4ccc(N5CCCCC5)cc34)cc21. The zero-order valence-electron chi connectivity index (χ0n) is 33.3. The number of fused-ring (bicyclic) bond motifs is 6. The molecule has 8 aromatic carbocycles.